The van der Waals surface area contributed by atoms with Gasteiger partial charge in [0.2, 0.25) is 0 Å². The molecule has 0 spiro atoms. The van der Waals surface area contributed by atoms with Crippen molar-refractivity contribution in [3.63, 3.8) is 0 Å². The Bertz CT molecular complexity index is 383. The highest BCUT2D eigenvalue weighted by atomic mass is 16.4. The molecule has 1 fully saturated rings. The fourth-order valence-electron chi connectivity index (χ4n) is 1.92. The molecule has 0 aromatic heterocycles. The number of hydrogen-bond acceptors (Lipinski definition) is 3. The van der Waals surface area contributed by atoms with Gasteiger partial charge in [-0.2, -0.15) is 0 Å². The molecular weight excluding hydrogens is 194 g/mol. The lowest BCUT2D eigenvalue weighted by Gasteiger charge is -2.12. The van der Waals surface area contributed by atoms with Crippen LogP contribution in [0.1, 0.15) is 34.8 Å². The van der Waals surface area contributed by atoms with Crippen LogP contribution in [0.4, 0.5) is 0 Å². The maximum Gasteiger partial charge on any atom is 0.335 e. The third kappa shape index (κ3) is 1.94. The number of carbonyl (C=O) groups is 1. The zero-order valence-corrected chi connectivity index (χ0v) is 8.23. The summed E-state index contributed by atoms with van der Waals surface area (Å²) in [5, 5.41) is 21.7. The van der Waals surface area contributed by atoms with Crippen LogP contribution in [0, 0.1) is 0 Å². The van der Waals surface area contributed by atoms with Gasteiger partial charge in [0.15, 0.2) is 0 Å². The fourth-order valence-corrected chi connectivity index (χ4v) is 1.92. The van der Waals surface area contributed by atoms with E-state index in [1.807, 2.05) is 0 Å². The van der Waals surface area contributed by atoms with Crippen LogP contribution >= 0.6 is 0 Å². The zero-order valence-electron chi connectivity index (χ0n) is 8.23. The lowest BCUT2D eigenvalue weighted by Crippen LogP contribution is -2.13. The average molecular weight is 207 g/mol. The number of nitrogens with one attached hydrogen (secondary N) is 1. The van der Waals surface area contributed by atoms with E-state index in [1.165, 1.54) is 12.1 Å². The third-order valence-corrected chi connectivity index (χ3v) is 2.71. The van der Waals surface area contributed by atoms with Crippen molar-refractivity contribution in [1.29, 1.82) is 0 Å². The highest BCUT2D eigenvalue weighted by Gasteiger charge is 2.19. The van der Waals surface area contributed by atoms with E-state index in [9.17, 15) is 9.90 Å². The zero-order chi connectivity index (χ0) is 10.8. The van der Waals surface area contributed by atoms with Crippen LogP contribution in [0.5, 0.6) is 5.75 Å². The Morgan fingerprint density at radius 1 is 1.47 bits per heavy atom. The van der Waals surface area contributed by atoms with Gasteiger partial charge in [-0.1, -0.05) is 6.07 Å². The minimum absolute atomic E-state index is 0.0642. The van der Waals surface area contributed by atoms with E-state index in [1.54, 1.807) is 6.07 Å². The Hall–Kier alpha value is -1.55. The number of phenols is 1. The van der Waals surface area contributed by atoms with Gasteiger partial charge < -0.3 is 15.5 Å². The summed E-state index contributed by atoms with van der Waals surface area (Å²) in [6.45, 7) is 0.949. The van der Waals surface area contributed by atoms with Crippen LogP contribution in [0.15, 0.2) is 18.2 Å². The number of aromatic hydroxyl groups is 1. The van der Waals surface area contributed by atoms with E-state index in [2.05, 4.69) is 5.32 Å². The number of rotatable bonds is 2. The molecule has 1 heterocycles. The summed E-state index contributed by atoms with van der Waals surface area (Å²) in [5.74, 6) is -0.953. The standard InChI is InChI=1S/C11H13NO3/c13-10-6-7(11(14)15)3-4-8(10)9-2-1-5-12-9/h3-4,6,9,12-13H,1-2,5H2,(H,14,15)/t9-/m0/s1. The van der Waals surface area contributed by atoms with E-state index in [0.717, 1.165) is 24.9 Å². The van der Waals surface area contributed by atoms with Gasteiger partial charge in [0.25, 0.3) is 0 Å². The van der Waals surface area contributed by atoms with Crippen molar-refractivity contribution in [2.24, 2.45) is 0 Å². The van der Waals surface area contributed by atoms with Crippen molar-refractivity contribution >= 4 is 5.97 Å². The van der Waals surface area contributed by atoms with Crippen LogP contribution in [0.25, 0.3) is 0 Å². The molecule has 1 saturated heterocycles. The first-order valence-corrected chi connectivity index (χ1v) is 4.98. The minimum Gasteiger partial charge on any atom is -0.508 e. The third-order valence-electron chi connectivity index (χ3n) is 2.71. The summed E-state index contributed by atoms with van der Waals surface area (Å²) in [4.78, 5) is 10.7. The van der Waals surface area contributed by atoms with Crippen molar-refractivity contribution < 1.29 is 15.0 Å². The molecule has 1 aliphatic heterocycles. The first kappa shape index (κ1) is 9.98. The molecule has 0 saturated carbocycles. The summed E-state index contributed by atoms with van der Waals surface area (Å²) in [7, 11) is 0. The second-order valence-electron chi connectivity index (χ2n) is 3.73. The molecule has 3 N–H and O–H groups in total. The molecule has 1 aromatic rings. The van der Waals surface area contributed by atoms with Gasteiger partial charge in [0.05, 0.1) is 5.56 Å². The molecule has 4 nitrogen and oxygen atoms in total. The quantitative estimate of drug-likeness (QED) is 0.687. The normalized spacial score (nSPS) is 20.4. The van der Waals surface area contributed by atoms with Gasteiger partial charge in [0, 0.05) is 11.6 Å². The van der Waals surface area contributed by atoms with Crippen molar-refractivity contribution in [2.45, 2.75) is 18.9 Å². The molecule has 4 heteroatoms. The number of aromatic carboxylic acids is 1. The van der Waals surface area contributed by atoms with Gasteiger partial charge >= 0.3 is 5.97 Å². The summed E-state index contributed by atoms with van der Waals surface area (Å²) >= 11 is 0. The Morgan fingerprint density at radius 3 is 2.80 bits per heavy atom. The molecular formula is C11H13NO3. The molecule has 0 amide bonds. The van der Waals surface area contributed by atoms with Crippen molar-refractivity contribution in [3.8, 4) is 5.75 Å². The molecule has 2 rings (SSSR count). The molecule has 1 atom stereocenters. The summed E-state index contributed by atoms with van der Waals surface area (Å²) < 4.78 is 0. The summed E-state index contributed by atoms with van der Waals surface area (Å²) in [6.07, 6.45) is 2.07. The minimum atomic E-state index is -1.02. The molecule has 0 unspecified atom stereocenters. The maximum atomic E-state index is 10.7. The number of hydrogen-bond donors (Lipinski definition) is 3. The lowest BCUT2D eigenvalue weighted by molar-refractivity contribution is 0.0696. The molecule has 0 aliphatic carbocycles. The molecule has 0 bridgehead atoms. The van der Waals surface area contributed by atoms with Gasteiger partial charge in [-0.15, -0.1) is 0 Å². The van der Waals surface area contributed by atoms with Crippen LogP contribution in [-0.2, 0) is 0 Å². The SMILES string of the molecule is O=C(O)c1ccc([C@@H]2CCCN2)c(O)c1. The van der Waals surface area contributed by atoms with Crippen LogP contribution in [-0.4, -0.2) is 22.7 Å². The monoisotopic (exact) mass is 207 g/mol. The van der Waals surface area contributed by atoms with E-state index in [-0.39, 0.29) is 17.4 Å². The van der Waals surface area contributed by atoms with E-state index >= 15 is 0 Å². The van der Waals surface area contributed by atoms with Crippen molar-refractivity contribution in [1.82, 2.24) is 5.32 Å². The Kier molecular flexibility index (Phi) is 2.60. The second kappa shape index (κ2) is 3.90. The predicted octanol–water partition coefficient (Wildman–Crippen LogP) is 1.51. The maximum absolute atomic E-state index is 10.7. The first-order chi connectivity index (χ1) is 7.18. The van der Waals surface area contributed by atoms with Gasteiger partial charge in [-0.3, -0.25) is 0 Å². The van der Waals surface area contributed by atoms with Gasteiger partial charge in [-0.05, 0) is 31.5 Å². The lowest BCUT2D eigenvalue weighted by atomic mass is 10.0. The number of phenolic OH excluding ortho intramolecular Hbond substituents is 1. The number of carboxylic acids is 1. The van der Waals surface area contributed by atoms with E-state index in [4.69, 9.17) is 5.11 Å². The highest BCUT2D eigenvalue weighted by Crippen LogP contribution is 2.30. The Morgan fingerprint density at radius 2 is 2.27 bits per heavy atom. The fraction of sp³-hybridized carbons (Fsp3) is 0.364. The topological polar surface area (TPSA) is 69.6 Å². The molecule has 80 valence electrons. The number of carboxylic acid groups (broad SMARTS) is 1. The van der Waals surface area contributed by atoms with Gasteiger partial charge in [-0.25, -0.2) is 4.79 Å². The van der Waals surface area contributed by atoms with Crippen LogP contribution < -0.4 is 5.32 Å². The average Bonchev–Trinajstić information content (AvgIpc) is 2.70. The van der Waals surface area contributed by atoms with E-state index in [0.29, 0.717) is 0 Å². The molecule has 15 heavy (non-hydrogen) atoms. The summed E-state index contributed by atoms with van der Waals surface area (Å²) in [5.41, 5.74) is 0.909. The first-order valence-electron chi connectivity index (χ1n) is 4.98. The molecule has 0 radical (unpaired) electrons. The van der Waals surface area contributed by atoms with Crippen molar-refractivity contribution in [2.75, 3.05) is 6.54 Å². The Labute approximate surface area is 87.6 Å². The van der Waals surface area contributed by atoms with Gasteiger partial charge in [0.1, 0.15) is 5.75 Å². The highest BCUT2D eigenvalue weighted by molar-refractivity contribution is 5.88. The van der Waals surface area contributed by atoms with E-state index < -0.39 is 5.97 Å². The summed E-state index contributed by atoms with van der Waals surface area (Å²) in [6, 6.07) is 4.67. The number of benzene rings is 1. The smallest absolute Gasteiger partial charge is 0.335 e. The molecule has 1 aromatic carbocycles. The van der Waals surface area contributed by atoms with Crippen LogP contribution in [0.3, 0.4) is 0 Å². The second-order valence-corrected chi connectivity index (χ2v) is 3.73. The molecule has 1 aliphatic rings. The van der Waals surface area contributed by atoms with Crippen molar-refractivity contribution in [3.05, 3.63) is 29.3 Å². The largest absolute Gasteiger partial charge is 0.508 e. The Balaban J connectivity index is 2.29. The van der Waals surface area contributed by atoms with Crippen LogP contribution in [0.2, 0.25) is 0 Å². The predicted molar refractivity (Wildman–Crippen MR) is 55.0 cm³/mol.